The van der Waals surface area contributed by atoms with Crippen molar-refractivity contribution in [3.8, 4) is 0 Å². The second-order valence-electron chi connectivity index (χ2n) is 3.70. The maximum absolute atomic E-state index is 12.8. The van der Waals surface area contributed by atoms with Gasteiger partial charge >= 0.3 is 5.97 Å². The van der Waals surface area contributed by atoms with Gasteiger partial charge in [0.25, 0.3) is 0 Å². The van der Waals surface area contributed by atoms with E-state index >= 15 is 0 Å². The molecule has 0 bridgehead atoms. The number of methoxy groups -OCH3 is 1. The van der Waals surface area contributed by atoms with Gasteiger partial charge in [-0.2, -0.15) is 0 Å². The Kier molecular flexibility index (Phi) is 4.43. The topological polar surface area (TPSA) is 38.3 Å². The number of rotatable bonds is 4. The van der Waals surface area contributed by atoms with E-state index in [0.29, 0.717) is 6.54 Å². The highest BCUT2D eigenvalue weighted by Gasteiger charge is 2.12. The first-order valence-electron chi connectivity index (χ1n) is 5.11. The summed E-state index contributed by atoms with van der Waals surface area (Å²) < 4.78 is 17.4. The van der Waals surface area contributed by atoms with Gasteiger partial charge in [-0.15, -0.1) is 0 Å². The third kappa shape index (κ3) is 3.31. The number of hydrogen-bond acceptors (Lipinski definition) is 3. The molecule has 1 aromatic rings. The smallest absolute Gasteiger partial charge is 0.322 e. The number of nitrogens with one attached hydrogen (secondary N) is 1. The quantitative estimate of drug-likeness (QED) is 0.794. The summed E-state index contributed by atoms with van der Waals surface area (Å²) in [5.41, 5.74) is 1.83. The molecule has 0 saturated carbocycles. The van der Waals surface area contributed by atoms with Gasteiger partial charge in [0.15, 0.2) is 0 Å². The molecule has 0 amide bonds. The molecule has 0 radical (unpaired) electrons. The number of halogens is 1. The zero-order valence-corrected chi connectivity index (χ0v) is 9.71. The molecular weight excluding hydrogens is 209 g/mol. The molecule has 0 saturated heterocycles. The van der Waals surface area contributed by atoms with Crippen molar-refractivity contribution in [2.24, 2.45) is 0 Å². The van der Waals surface area contributed by atoms with E-state index in [4.69, 9.17) is 0 Å². The zero-order valence-electron chi connectivity index (χ0n) is 9.71. The molecule has 0 aromatic heterocycles. The largest absolute Gasteiger partial charge is 0.468 e. The standard InChI is InChI=1S/C12H16FNO2/c1-8-6-11(13)5-4-10(8)7-14-9(2)12(15)16-3/h4-6,9,14H,7H2,1-3H3. The molecular formula is C12H16FNO2. The Balaban J connectivity index is 2.58. The van der Waals surface area contributed by atoms with Gasteiger partial charge in [-0.3, -0.25) is 4.79 Å². The molecule has 1 rings (SSSR count). The molecule has 0 aliphatic carbocycles. The number of benzene rings is 1. The van der Waals surface area contributed by atoms with Crippen LogP contribution in [-0.2, 0) is 16.1 Å². The molecule has 0 aliphatic heterocycles. The SMILES string of the molecule is COC(=O)C(C)NCc1ccc(F)cc1C. The molecule has 3 nitrogen and oxygen atoms in total. The van der Waals surface area contributed by atoms with Crippen LogP contribution in [0.1, 0.15) is 18.1 Å². The number of hydrogen-bond donors (Lipinski definition) is 1. The maximum atomic E-state index is 12.8. The summed E-state index contributed by atoms with van der Waals surface area (Å²) in [4.78, 5) is 11.1. The van der Waals surface area contributed by atoms with E-state index in [-0.39, 0.29) is 17.8 Å². The molecule has 16 heavy (non-hydrogen) atoms. The summed E-state index contributed by atoms with van der Waals surface area (Å²) in [7, 11) is 1.35. The average molecular weight is 225 g/mol. The van der Waals surface area contributed by atoms with Gasteiger partial charge in [0, 0.05) is 6.54 Å². The predicted octanol–water partition coefficient (Wildman–Crippen LogP) is 1.79. The summed E-state index contributed by atoms with van der Waals surface area (Å²) >= 11 is 0. The van der Waals surface area contributed by atoms with Crippen molar-refractivity contribution < 1.29 is 13.9 Å². The van der Waals surface area contributed by atoms with Crippen LogP contribution in [0.5, 0.6) is 0 Å². The van der Waals surface area contributed by atoms with Crippen molar-refractivity contribution in [3.05, 3.63) is 35.1 Å². The maximum Gasteiger partial charge on any atom is 0.322 e. The minimum Gasteiger partial charge on any atom is -0.468 e. The molecule has 4 heteroatoms. The van der Waals surface area contributed by atoms with Gasteiger partial charge in [-0.25, -0.2) is 4.39 Å². The van der Waals surface area contributed by atoms with Crippen molar-refractivity contribution in [2.75, 3.05) is 7.11 Å². The lowest BCUT2D eigenvalue weighted by atomic mass is 10.1. The van der Waals surface area contributed by atoms with Crippen molar-refractivity contribution in [3.63, 3.8) is 0 Å². The number of esters is 1. The Morgan fingerprint density at radius 3 is 2.81 bits per heavy atom. The highest BCUT2D eigenvalue weighted by atomic mass is 19.1. The summed E-state index contributed by atoms with van der Waals surface area (Å²) in [5.74, 6) is -0.554. The Bertz CT molecular complexity index is 379. The average Bonchev–Trinajstić information content (AvgIpc) is 2.26. The number of carbonyl (C=O) groups is 1. The first-order valence-corrected chi connectivity index (χ1v) is 5.11. The van der Waals surface area contributed by atoms with Crippen molar-refractivity contribution in [2.45, 2.75) is 26.4 Å². The zero-order chi connectivity index (χ0) is 12.1. The molecule has 0 heterocycles. The van der Waals surface area contributed by atoms with E-state index in [1.807, 2.05) is 6.92 Å². The number of aryl methyl sites for hydroxylation is 1. The van der Waals surface area contributed by atoms with E-state index in [0.717, 1.165) is 11.1 Å². The molecule has 0 aliphatic rings. The predicted molar refractivity (Wildman–Crippen MR) is 59.5 cm³/mol. The van der Waals surface area contributed by atoms with Crippen molar-refractivity contribution >= 4 is 5.97 Å². The van der Waals surface area contributed by atoms with E-state index in [9.17, 15) is 9.18 Å². The second kappa shape index (κ2) is 5.61. The normalized spacial score (nSPS) is 12.2. The van der Waals surface area contributed by atoms with Crippen molar-refractivity contribution in [1.29, 1.82) is 0 Å². The van der Waals surface area contributed by atoms with Crippen molar-refractivity contribution in [1.82, 2.24) is 5.32 Å². The third-order valence-corrected chi connectivity index (χ3v) is 2.46. The minimum absolute atomic E-state index is 0.248. The van der Waals surface area contributed by atoms with Gasteiger partial charge in [0.2, 0.25) is 0 Å². The lowest BCUT2D eigenvalue weighted by molar-refractivity contribution is -0.142. The van der Waals surface area contributed by atoms with Crippen LogP contribution in [0.2, 0.25) is 0 Å². The van der Waals surface area contributed by atoms with Crippen LogP contribution >= 0.6 is 0 Å². The fourth-order valence-electron chi connectivity index (χ4n) is 1.38. The van der Waals surface area contributed by atoms with E-state index < -0.39 is 0 Å². The van der Waals surface area contributed by atoms with E-state index in [2.05, 4.69) is 10.1 Å². The first kappa shape index (κ1) is 12.6. The molecule has 1 aromatic carbocycles. The molecule has 0 spiro atoms. The fourth-order valence-corrected chi connectivity index (χ4v) is 1.38. The van der Waals surface area contributed by atoms with Crippen LogP contribution < -0.4 is 5.32 Å². The Morgan fingerprint density at radius 1 is 1.56 bits per heavy atom. The van der Waals surface area contributed by atoms with Crippen LogP contribution in [0.25, 0.3) is 0 Å². The Labute approximate surface area is 94.6 Å². The minimum atomic E-state index is -0.366. The highest BCUT2D eigenvalue weighted by molar-refractivity contribution is 5.75. The van der Waals surface area contributed by atoms with Crippen LogP contribution in [-0.4, -0.2) is 19.1 Å². The van der Waals surface area contributed by atoms with Crippen LogP contribution in [0.4, 0.5) is 4.39 Å². The lowest BCUT2D eigenvalue weighted by Crippen LogP contribution is -2.34. The highest BCUT2D eigenvalue weighted by Crippen LogP contribution is 2.09. The monoisotopic (exact) mass is 225 g/mol. The molecule has 1 unspecified atom stereocenters. The number of ether oxygens (including phenoxy) is 1. The lowest BCUT2D eigenvalue weighted by Gasteiger charge is -2.12. The first-order chi connectivity index (χ1) is 7.54. The van der Waals surface area contributed by atoms with Crippen LogP contribution in [0, 0.1) is 12.7 Å². The fraction of sp³-hybridized carbons (Fsp3) is 0.417. The van der Waals surface area contributed by atoms with Crippen LogP contribution in [0.3, 0.4) is 0 Å². The van der Waals surface area contributed by atoms with E-state index in [1.165, 1.54) is 19.2 Å². The molecule has 1 atom stereocenters. The van der Waals surface area contributed by atoms with E-state index in [1.54, 1.807) is 13.0 Å². The van der Waals surface area contributed by atoms with Gasteiger partial charge in [-0.1, -0.05) is 6.07 Å². The molecule has 0 fully saturated rings. The van der Waals surface area contributed by atoms with Crippen LogP contribution in [0.15, 0.2) is 18.2 Å². The summed E-state index contributed by atoms with van der Waals surface area (Å²) in [6.07, 6.45) is 0. The summed E-state index contributed by atoms with van der Waals surface area (Å²) in [6.45, 7) is 4.08. The second-order valence-corrected chi connectivity index (χ2v) is 3.70. The number of carbonyl (C=O) groups excluding carboxylic acids is 1. The van der Waals surface area contributed by atoms with Gasteiger partial charge in [-0.05, 0) is 37.1 Å². The Hall–Kier alpha value is -1.42. The van der Waals surface area contributed by atoms with Gasteiger partial charge in [0.05, 0.1) is 7.11 Å². The Morgan fingerprint density at radius 2 is 2.25 bits per heavy atom. The van der Waals surface area contributed by atoms with Gasteiger partial charge in [0.1, 0.15) is 11.9 Å². The molecule has 1 N–H and O–H groups in total. The summed E-state index contributed by atoms with van der Waals surface area (Å²) in [5, 5.41) is 3.01. The summed E-state index contributed by atoms with van der Waals surface area (Å²) in [6, 6.07) is 4.23. The molecule has 88 valence electrons. The van der Waals surface area contributed by atoms with Gasteiger partial charge < -0.3 is 10.1 Å². The third-order valence-electron chi connectivity index (χ3n) is 2.46.